The van der Waals surface area contributed by atoms with E-state index >= 15 is 0 Å². The molecular weight excluding hydrogens is 276 g/mol. The maximum atomic E-state index is 6.03. The number of nitrogens with one attached hydrogen (secondary N) is 1. The van der Waals surface area contributed by atoms with Crippen molar-refractivity contribution < 1.29 is 9.47 Å². The number of rotatable bonds is 4. The van der Waals surface area contributed by atoms with Gasteiger partial charge in [0.15, 0.2) is 0 Å². The second-order valence-electron chi connectivity index (χ2n) is 6.51. The summed E-state index contributed by atoms with van der Waals surface area (Å²) < 4.78 is 11.3. The molecule has 122 valence electrons. The monoisotopic (exact) mass is 304 g/mol. The minimum absolute atomic E-state index is 0.508. The third kappa shape index (κ3) is 2.95. The average molecular weight is 304 g/mol. The summed E-state index contributed by atoms with van der Waals surface area (Å²) in [4.78, 5) is 2.45. The lowest BCUT2D eigenvalue weighted by Gasteiger charge is -2.36. The van der Waals surface area contributed by atoms with Crippen LogP contribution in [0.1, 0.15) is 36.5 Å². The Bertz CT molecular complexity index is 528. The first-order valence-electron chi connectivity index (χ1n) is 8.48. The zero-order valence-electron chi connectivity index (χ0n) is 14.1. The summed E-state index contributed by atoms with van der Waals surface area (Å²) in [6.45, 7) is 10.2. The predicted octanol–water partition coefficient (Wildman–Crippen LogP) is 2.34. The quantitative estimate of drug-likeness (QED) is 0.926. The van der Waals surface area contributed by atoms with Gasteiger partial charge in [-0.15, -0.1) is 0 Å². The van der Waals surface area contributed by atoms with Crippen LogP contribution in [0.2, 0.25) is 0 Å². The molecule has 0 amide bonds. The van der Waals surface area contributed by atoms with E-state index < -0.39 is 0 Å². The normalized spacial score (nSPS) is 17.7. The van der Waals surface area contributed by atoms with E-state index in [9.17, 15) is 0 Å². The van der Waals surface area contributed by atoms with Crippen LogP contribution in [-0.2, 0) is 17.6 Å². The Labute approximate surface area is 133 Å². The van der Waals surface area contributed by atoms with Gasteiger partial charge < -0.3 is 19.7 Å². The molecule has 0 unspecified atom stereocenters. The molecule has 0 fully saturated rings. The highest BCUT2D eigenvalue weighted by Gasteiger charge is 2.27. The van der Waals surface area contributed by atoms with Crippen LogP contribution in [0.3, 0.4) is 0 Å². The summed E-state index contributed by atoms with van der Waals surface area (Å²) in [6.07, 6.45) is 2.22. The van der Waals surface area contributed by atoms with Gasteiger partial charge in [-0.2, -0.15) is 0 Å². The second-order valence-corrected chi connectivity index (χ2v) is 6.51. The van der Waals surface area contributed by atoms with Gasteiger partial charge in [0.2, 0.25) is 0 Å². The molecule has 2 heterocycles. The van der Waals surface area contributed by atoms with Crippen molar-refractivity contribution in [2.24, 2.45) is 0 Å². The Morgan fingerprint density at radius 2 is 2.14 bits per heavy atom. The van der Waals surface area contributed by atoms with Crippen molar-refractivity contribution in [3.05, 3.63) is 22.8 Å². The fraction of sp³-hybridized carbons (Fsp3) is 0.667. The number of anilines is 1. The predicted molar refractivity (Wildman–Crippen MR) is 90.4 cm³/mol. The number of hydrogen-bond donors (Lipinski definition) is 1. The molecule has 3 rings (SSSR count). The summed E-state index contributed by atoms with van der Waals surface area (Å²) >= 11 is 0. The molecule has 0 bridgehead atoms. The van der Waals surface area contributed by atoms with E-state index in [1.165, 1.54) is 16.8 Å². The van der Waals surface area contributed by atoms with Crippen molar-refractivity contribution in [2.45, 2.75) is 32.6 Å². The van der Waals surface area contributed by atoms with Crippen molar-refractivity contribution in [1.29, 1.82) is 0 Å². The summed E-state index contributed by atoms with van der Waals surface area (Å²) in [5.74, 6) is 1.58. The number of ether oxygens (including phenoxy) is 2. The third-order valence-corrected chi connectivity index (χ3v) is 4.71. The van der Waals surface area contributed by atoms with Crippen LogP contribution in [0, 0.1) is 0 Å². The van der Waals surface area contributed by atoms with Crippen LogP contribution < -0.4 is 15.0 Å². The number of methoxy groups -OCH3 is 1. The first-order valence-corrected chi connectivity index (χ1v) is 8.48. The van der Waals surface area contributed by atoms with E-state index in [1.54, 1.807) is 12.7 Å². The Hall–Kier alpha value is -1.26. The Morgan fingerprint density at radius 3 is 2.91 bits per heavy atom. The summed E-state index contributed by atoms with van der Waals surface area (Å²) in [7, 11) is 1.77. The Kier molecular flexibility index (Phi) is 4.89. The summed E-state index contributed by atoms with van der Waals surface area (Å²) in [5, 5.41) is 3.52. The number of hydrogen-bond acceptors (Lipinski definition) is 4. The maximum absolute atomic E-state index is 6.03. The molecule has 2 aliphatic heterocycles. The van der Waals surface area contributed by atoms with Crippen molar-refractivity contribution in [3.63, 3.8) is 0 Å². The van der Waals surface area contributed by atoms with Gasteiger partial charge in [0.1, 0.15) is 12.4 Å². The van der Waals surface area contributed by atoms with E-state index in [0.29, 0.717) is 5.92 Å². The van der Waals surface area contributed by atoms with Gasteiger partial charge >= 0.3 is 0 Å². The van der Waals surface area contributed by atoms with E-state index in [4.69, 9.17) is 9.47 Å². The van der Waals surface area contributed by atoms with Crippen molar-refractivity contribution in [3.8, 4) is 5.75 Å². The van der Waals surface area contributed by atoms with Gasteiger partial charge in [0.25, 0.3) is 0 Å². The van der Waals surface area contributed by atoms with Gasteiger partial charge in [-0.05, 0) is 54.6 Å². The molecule has 4 heteroatoms. The molecular formula is C18H28N2O2. The van der Waals surface area contributed by atoms with E-state index in [-0.39, 0.29) is 0 Å². The molecule has 4 nitrogen and oxygen atoms in total. The minimum atomic E-state index is 0.508. The van der Waals surface area contributed by atoms with Crippen LogP contribution >= 0.6 is 0 Å². The largest absolute Gasteiger partial charge is 0.490 e. The lowest BCUT2D eigenvalue weighted by molar-refractivity contribution is 0.201. The van der Waals surface area contributed by atoms with Gasteiger partial charge in [0.05, 0.1) is 18.8 Å². The van der Waals surface area contributed by atoms with Gasteiger partial charge in [0, 0.05) is 13.7 Å². The van der Waals surface area contributed by atoms with Crippen molar-refractivity contribution in [2.75, 3.05) is 51.4 Å². The fourth-order valence-corrected chi connectivity index (χ4v) is 3.70. The lowest BCUT2D eigenvalue weighted by atomic mass is 9.87. The fourth-order valence-electron chi connectivity index (χ4n) is 3.70. The van der Waals surface area contributed by atoms with Crippen LogP contribution in [-0.4, -0.2) is 46.5 Å². The second kappa shape index (κ2) is 6.88. The Balaban J connectivity index is 2.09. The third-order valence-electron chi connectivity index (χ3n) is 4.71. The average Bonchev–Trinajstić information content (AvgIpc) is 2.75. The molecule has 0 spiro atoms. The minimum Gasteiger partial charge on any atom is -0.490 e. The number of fused-ring (bicyclic) bond motifs is 2. The van der Waals surface area contributed by atoms with Crippen LogP contribution in [0.4, 0.5) is 5.69 Å². The van der Waals surface area contributed by atoms with E-state index in [0.717, 1.165) is 58.0 Å². The molecule has 0 aromatic heterocycles. The zero-order valence-corrected chi connectivity index (χ0v) is 14.1. The highest BCUT2D eigenvalue weighted by atomic mass is 16.5. The molecule has 0 saturated heterocycles. The van der Waals surface area contributed by atoms with Crippen LogP contribution in [0.5, 0.6) is 5.75 Å². The zero-order chi connectivity index (χ0) is 15.5. The van der Waals surface area contributed by atoms with Crippen molar-refractivity contribution >= 4 is 5.69 Å². The molecule has 1 N–H and O–H groups in total. The van der Waals surface area contributed by atoms with Crippen LogP contribution in [0.15, 0.2) is 6.07 Å². The van der Waals surface area contributed by atoms with Gasteiger partial charge in [-0.1, -0.05) is 13.8 Å². The van der Waals surface area contributed by atoms with Gasteiger partial charge in [-0.25, -0.2) is 0 Å². The molecule has 22 heavy (non-hydrogen) atoms. The maximum Gasteiger partial charge on any atom is 0.143 e. The molecule has 0 aliphatic carbocycles. The highest BCUT2D eigenvalue weighted by molar-refractivity contribution is 5.70. The molecule has 1 aromatic carbocycles. The topological polar surface area (TPSA) is 33.7 Å². The molecule has 2 aliphatic rings. The standard InChI is InChI=1S/C18H28N2O2/c1-13(2)17-15-5-7-19-6-4-14(15)12-16-18(17)20(8-10-21-3)9-11-22-16/h12-13,19H,4-11H2,1-3H3. The molecule has 0 radical (unpaired) electrons. The number of benzene rings is 1. The first-order chi connectivity index (χ1) is 10.7. The summed E-state index contributed by atoms with van der Waals surface area (Å²) in [5.41, 5.74) is 5.83. The molecule has 1 aromatic rings. The number of nitrogens with zero attached hydrogens (tertiary/aromatic N) is 1. The van der Waals surface area contributed by atoms with Gasteiger partial charge in [-0.3, -0.25) is 0 Å². The highest BCUT2D eigenvalue weighted by Crippen LogP contribution is 2.43. The molecule has 0 saturated carbocycles. The SMILES string of the molecule is COCCN1CCOc2cc3c(c(C(C)C)c21)CCNCC3. The van der Waals surface area contributed by atoms with Crippen molar-refractivity contribution in [1.82, 2.24) is 5.32 Å². The lowest BCUT2D eigenvalue weighted by Crippen LogP contribution is -2.36. The van der Waals surface area contributed by atoms with Crippen LogP contribution in [0.25, 0.3) is 0 Å². The van der Waals surface area contributed by atoms with E-state index in [1.807, 2.05) is 0 Å². The summed E-state index contributed by atoms with van der Waals surface area (Å²) in [6, 6.07) is 2.29. The first kappa shape index (κ1) is 15.6. The smallest absolute Gasteiger partial charge is 0.143 e. The Morgan fingerprint density at radius 1 is 1.32 bits per heavy atom. The molecule has 0 atom stereocenters. The van der Waals surface area contributed by atoms with E-state index in [2.05, 4.69) is 30.1 Å².